The molecule has 1 heterocycles. The first-order chi connectivity index (χ1) is 13.7. The van der Waals surface area contributed by atoms with Gasteiger partial charge in [-0.15, -0.1) is 0 Å². The maximum Gasteiger partial charge on any atom is 0.238 e. The Balaban J connectivity index is 1.33. The van der Waals surface area contributed by atoms with Crippen molar-refractivity contribution in [1.29, 1.82) is 0 Å². The van der Waals surface area contributed by atoms with Crippen LogP contribution in [0.25, 0.3) is 10.8 Å². The van der Waals surface area contributed by atoms with Gasteiger partial charge < -0.3 is 10.1 Å². The van der Waals surface area contributed by atoms with Crippen molar-refractivity contribution >= 4 is 22.4 Å². The van der Waals surface area contributed by atoms with Crippen molar-refractivity contribution in [2.75, 3.05) is 45.2 Å². The normalized spacial score (nSPS) is 19.6. The fraction of sp³-hybridized carbons (Fsp3) is 0.522. The van der Waals surface area contributed by atoms with Crippen LogP contribution >= 0.6 is 0 Å². The summed E-state index contributed by atoms with van der Waals surface area (Å²) >= 11 is 0. The zero-order valence-corrected chi connectivity index (χ0v) is 16.8. The van der Waals surface area contributed by atoms with Gasteiger partial charge in [0.05, 0.1) is 13.7 Å². The molecule has 28 heavy (non-hydrogen) atoms. The molecule has 1 amide bonds. The van der Waals surface area contributed by atoms with Crippen LogP contribution < -0.4 is 10.1 Å². The van der Waals surface area contributed by atoms with Gasteiger partial charge in [-0.1, -0.05) is 43.5 Å². The number of ether oxygens (including phenoxy) is 1. The van der Waals surface area contributed by atoms with E-state index in [1.807, 2.05) is 36.4 Å². The highest BCUT2D eigenvalue weighted by Gasteiger charge is 2.25. The number of nitrogens with one attached hydrogen (secondary N) is 1. The van der Waals surface area contributed by atoms with Crippen LogP contribution in [0.3, 0.4) is 0 Å². The minimum atomic E-state index is 0.0569. The van der Waals surface area contributed by atoms with E-state index in [2.05, 4.69) is 15.1 Å². The van der Waals surface area contributed by atoms with Crippen molar-refractivity contribution in [3.63, 3.8) is 0 Å². The molecule has 1 saturated heterocycles. The largest absolute Gasteiger partial charge is 0.496 e. The Labute approximate surface area is 167 Å². The predicted octanol–water partition coefficient (Wildman–Crippen LogP) is 3.74. The third kappa shape index (κ3) is 4.31. The van der Waals surface area contributed by atoms with Gasteiger partial charge in [0.1, 0.15) is 5.75 Å². The molecule has 2 aromatic rings. The molecule has 2 aliphatic rings. The van der Waals surface area contributed by atoms with E-state index in [0.29, 0.717) is 6.54 Å². The highest BCUT2D eigenvalue weighted by molar-refractivity contribution is 6.04. The third-order valence-corrected chi connectivity index (χ3v) is 6.24. The number of anilines is 1. The van der Waals surface area contributed by atoms with Crippen molar-refractivity contribution in [3.05, 3.63) is 36.4 Å². The standard InChI is InChI=1S/C23H31N3O2/c1-28-22-12-6-9-19-20(22)10-5-11-21(19)24-23(27)17-25-13-15-26(16-14-25)18-7-3-2-4-8-18/h5-6,9-12,18H,2-4,7-8,13-17H2,1H3,(H,24,27). The number of methoxy groups -OCH3 is 1. The van der Waals surface area contributed by atoms with Crippen LogP contribution in [-0.2, 0) is 4.79 Å². The molecule has 0 bridgehead atoms. The molecule has 1 N–H and O–H groups in total. The van der Waals surface area contributed by atoms with Gasteiger partial charge in [0.15, 0.2) is 0 Å². The molecule has 4 rings (SSSR count). The second-order valence-corrected chi connectivity index (χ2v) is 8.01. The third-order valence-electron chi connectivity index (χ3n) is 6.24. The molecule has 5 nitrogen and oxygen atoms in total. The van der Waals surface area contributed by atoms with E-state index in [9.17, 15) is 4.79 Å². The first-order valence-electron chi connectivity index (χ1n) is 10.6. The maximum absolute atomic E-state index is 12.7. The molecule has 1 aliphatic carbocycles. The Morgan fingerprint density at radius 1 is 1.00 bits per heavy atom. The number of rotatable bonds is 5. The molecule has 0 spiro atoms. The lowest BCUT2D eigenvalue weighted by Gasteiger charge is -2.40. The van der Waals surface area contributed by atoms with Crippen LogP contribution in [0.2, 0.25) is 0 Å². The molecule has 5 heteroatoms. The summed E-state index contributed by atoms with van der Waals surface area (Å²) in [6.07, 6.45) is 6.86. The van der Waals surface area contributed by atoms with E-state index in [1.54, 1.807) is 7.11 Å². The number of hydrogen-bond acceptors (Lipinski definition) is 4. The van der Waals surface area contributed by atoms with E-state index in [0.717, 1.165) is 54.4 Å². The zero-order chi connectivity index (χ0) is 19.3. The highest BCUT2D eigenvalue weighted by Crippen LogP contribution is 2.30. The number of carbonyl (C=O) groups is 1. The van der Waals surface area contributed by atoms with E-state index in [4.69, 9.17) is 4.74 Å². The summed E-state index contributed by atoms with van der Waals surface area (Å²) in [5, 5.41) is 5.14. The SMILES string of the molecule is COc1cccc2c(NC(=O)CN3CCN(C4CCCCC4)CC3)cccc12. The molecule has 0 aromatic heterocycles. The van der Waals surface area contributed by atoms with Crippen LogP contribution in [-0.4, -0.2) is 61.6 Å². The summed E-state index contributed by atoms with van der Waals surface area (Å²) < 4.78 is 5.44. The molecule has 0 atom stereocenters. The summed E-state index contributed by atoms with van der Waals surface area (Å²) in [6, 6.07) is 12.6. The topological polar surface area (TPSA) is 44.8 Å². The minimum absolute atomic E-state index is 0.0569. The molecule has 0 unspecified atom stereocenters. The van der Waals surface area contributed by atoms with Crippen molar-refractivity contribution in [2.45, 2.75) is 38.1 Å². The Kier molecular flexibility index (Phi) is 6.13. The van der Waals surface area contributed by atoms with Crippen LogP contribution in [0.15, 0.2) is 36.4 Å². The molecule has 1 saturated carbocycles. The fourth-order valence-corrected chi connectivity index (χ4v) is 4.69. The summed E-state index contributed by atoms with van der Waals surface area (Å²) in [6.45, 7) is 4.59. The Hall–Kier alpha value is -2.11. The molecule has 150 valence electrons. The fourth-order valence-electron chi connectivity index (χ4n) is 4.69. The summed E-state index contributed by atoms with van der Waals surface area (Å²) in [7, 11) is 1.67. The van der Waals surface area contributed by atoms with Gasteiger partial charge in [0.25, 0.3) is 0 Å². The monoisotopic (exact) mass is 381 g/mol. The number of carbonyl (C=O) groups excluding carboxylic acids is 1. The molecule has 1 aliphatic heterocycles. The average Bonchev–Trinajstić information content (AvgIpc) is 2.74. The van der Waals surface area contributed by atoms with E-state index in [1.165, 1.54) is 32.1 Å². The smallest absolute Gasteiger partial charge is 0.238 e. The van der Waals surface area contributed by atoms with E-state index >= 15 is 0 Å². The molecular formula is C23H31N3O2. The summed E-state index contributed by atoms with van der Waals surface area (Å²) in [4.78, 5) is 17.6. The summed E-state index contributed by atoms with van der Waals surface area (Å²) in [5.74, 6) is 0.883. The van der Waals surface area contributed by atoms with Gasteiger partial charge in [-0.05, 0) is 25.0 Å². The van der Waals surface area contributed by atoms with Crippen molar-refractivity contribution < 1.29 is 9.53 Å². The van der Waals surface area contributed by atoms with Crippen LogP contribution in [0.5, 0.6) is 5.75 Å². The Bertz CT molecular complexity index is 809. The number of piperazine rings is 1. The molecule has 2 fully saturated rings. The van der Waals surface area contributed by atoms with Crippen LogP contribution in [0.1, 0.15) is 32.1 Å². The van der Waals surface area contributed by atoms with Crippen LogP contribution in [0, 0.1) is 0 Å². The lowest BCUT2D eigenvalue weighted by atomic mass is 9.94. The highest BCUT2D eigenvalue weighted by atomic mass is 16.5. The second kappa shape index (κ2) is 8.93. The average molecular weight is 382 g/mol. The molecule has 2 aromatic carbocycles. The van der Waals surface area contributed by atoms with Gasteiger partial charge in [-0.2, -0.15) is 0 Å². The molecular weight excluding hydrogens is 350 g/mol. The maximum atomic E-state index is 12.7. The Morgan fingerprint density at radius 2 is 1.71 bits per heavy atom. The van der Waals surface area contributed by atoms with Gasteiger partial charge in [0.2, 0.25) is 5.91 Å². The minimum Gasteiger partial charge on any atom is -0.496 e. The zero-order valence-electron chi connectivity index (χ0n) is 16.8. The van der Waals surface area contributed by atoms with Crippen molar-refractivity contribution in [3.8, 4) is 5.75 Å². The molecule has 0 radical (unpaired) electrons. The van der Waals surface area contributed by atoms with Gasteiger partial charge in [-0.3, -0.25) is 14.6 Å². The van der Waals surface area contributed by atoms with Crippen molar-refractivity contribution in [2.24, 2.45) is 0 Å². The lowest BCUT2D eigenvalue weighted by molar-refractivity contribution is -0.117. The second-order valence-electron chi connectivity index (χ2n) is 8.01. The first kappa shape index (κ1) is 19.2. The number of fused-ring (bicyclic) bond motifs is 1. The lowest BCUT2D eigenvalue weighted by Crippen LogP contribution is -2.52. The van der Waals surface area contributed by atoms with E-state index in [-0.39, 0.29) is 5.91 Å². The summed E-state index contributed by atoms with van der Waals surface area (Å²) in [5.41, 5.74) is 0.849. The van der Waals surface area contributed by atoms with Crippen LogP contribution in [0.4, 0.5) is 5.69 Å². The number of hydrogen-bond donors (Lipinski definition) is 1. The van der Waals surface area contributed by atoms with Gasteiger partial charge in [-0.25, -0.2) is 0 Å². The number of nitrogens with zero attached hydrogens (tertiary/aromatic N) is 2. The number of benzene rings is 2. The van der Waals surface area contributed by atoms with Gasteiger partial charge in [0, 0.05) is 48.7 Å². The number of amides is 1. The first-order valence-corrected chi connectivity index (χ1v) is 10.6. The van der Waals surface area contributed by atoms with E-state index < -0.39 is 0 Å². The quantitative estimate of drug-likeness (QED) is 0.857. The Morgan fingerprint density at radius 3 is 2.46 bits per heavy atom. The predicted molar refractivity (Wildman–Crippen MR) is 114 cm³/mol. The van der Waals surface area contributed by atoms with Gasteiger partial charge >= 0.3 is 0 Å². The van der Waals surface area contributed by atoms with Crippen molar-refractivity contribution in [1.82, 2.24) is 9.80 Å².